The van der Waals surface area contributed by atoms with Crippen LogP contribution in [0.5, 0.6) is 0 Å². The Morgan fingerprint density at radius 3 is 2.60 bits per heavy atom. The number of aliphatic hydroxyl groups is 1. The van der Waals surface area contributed by atoms with Crippen LogP contribution in [0.2, 0.25) is 0 Å². The van der Waals surface area contributed by atoms with Crippen molar-refractivity contribution >= 4 is 11.3 Å². The van der Waals surface area contributed by atoms with E-state index in [0.29, 0.717) is 12.1 Å². The van der Waals surface area contributed by atoms with Gasteiger partial charge in [-0.15, -0.1) is 11.3 Å². The first-order valence-electron chi connectivity index (χ1n) is 6.35. The molecule has 0 fully saturated rings. The maximum atomic E-state index is 13.2. The Kier molecular flexibility index (Phi) is 4.86. The second kappa shape index (κ2) is 6.43. The van der Waals surface area contributed by atoms with Crippen LogP contribution in [-0.2, 0) is 0 Å². The molecule has 0 saturated carbocycles. The number of nitrogens with zero attached hydrogens (tertiary/aromatic N) is 1. The van der Waals surface area contributed by atoms with Crippen molar-refractivity contribution in [3.63, 3.8) is 0 Å². The lowest BCUT2D eigenvalue weighted by Crippen LogP contribution is -2.27. The number of likely N-dealkylation sites (N-methyl/N-ethyl adjacent to an activating group) is 1. The molecule has 2 atom stereocenters. The Hall–Kier alpha value is -1.30. The molecule has 2 aromatic rings. The Morgan fingerprint density at radius 1 is 1.25 bits per heavy atom. The summed E-state index contributed by atoms with van der Waals surface area (Å²) >= 11 is 1.65. The van der Waals surface area contributed by atoms with Crippen LogP contribution < -0.4 is 0 Å². The van der Waals surface area contributed by atoms with Gasteiger partial charge in [0.05, 0.1) is 6.10 Å². The number of aliphatic hydroxyl groups excluding tert-OH is 1. The monoisotopic (exact) mass is 297 g/mol. The molecule has 0 spiro atoms. The van der Waals surface area contributed by atoms with E-state index < -0.39 is 17.7 Å². The quantitative estimate of drug-likeness (QED) is 0.908. The number of rotatable bonds is 5. The highest BCUT2D eigenvalue weighted by Crippen LogP contribution is 2.25. The maximum absolute atomic E-state index is 13.2. The molecule has 1 aromatic heterocycles. The molecule has 2 unspecified atom stereocenters. The molecule has 0 aliphatic rings. The fourth-order valence-electron chi connectivity index (χ4n) is 2.00. The minimum atomic E-state index is -0.935. The van der Waals surface area contributed by atoms with Gasteiger partial charge in [-0.1, -0.05) is 12.1 Å². The Morgan fingerprint density at radius 2 is 2.00 bits per heavy atom. The maximum Gasteiger partial charge on any atom is 0.159 e. The summed E-state index contributed by atoms with van der Waals surface area (Å²) in [6.45, 7) is 2.40. The third kappa shape index (κ3) is 3.42. The lowest BCUT2D eigenvalue weighted by Gasteiger charge is -2.26. The van der Waals surface area contributed by atoms with Crippen molar-refractivity contribution in [3.8, 4) is 0 Å². The summed E-state index contributed by atoms with van der Waals surface area (Å²) in [6.07, 6.45) is -0.850. The zero-order valence-electron chi connectivity index (χ0n) is 11.4. The van der Waals surface area contributed by atoms with Crippen molar-refractivity contribution in [2.24, 2.45) is 0 Å². The number of halogens is 2. The highest BCUT2D eigenvalue weighted by molar-refractivity contribution is 7.10. The zero-order chi connectivity index (χ0) is 14.7. The topological polar surface area (TPSA) is 23.5 Å². The molecule has 0 bridgehead atoms. The van der Waals surface area contributed by atoms with E-state index in [-0.39, 0.29) is 6.04 Å². The molecule has 1 N–H and O–H groups in total. The van der Waals surface area contributed by atoms with Gasteiger partial charge in [0.2, 0.25) is 0 Å². The summed E-state index contributed by atoms with van der Waals surface area (Å²) in [4.78, 5) is 3.18. The van der Waals surface area contributed by atoms with Gasteiger partial charge in [0, 0.05) is 17.5 Å². The van der Waals surface area contributed by atoms with Gasteiger partial charge in [-0.3, -0.25) is 4.90 Å². The van der Waals surface area contributed by atoms with Crippen molar-refractivity contribution in [1.29, 1.82) is 0 Å². The molecule has 0 aliphatic carbocycles. The molecule has 2 rings (SSSR count). The van der Waals surface area contributed by atoms with E-state index in [0.717, 1.165) is 12.1 Å². The molecule has 1 aromatic carbocycles. The molecule has 2 nitrogen and oxygen atoms in total. The lowest BCUT2D eigenvalue weighted by molar-refractivity contribution is 0.109. The molecule has 0 saturated heterocycles. The van der Waals surface area contributed by atoms with E-state index in [1.165, 1.54) is 10.9 Å². The van der Waals surface area contributed by atoms with E-state index in [1.54, 1.807) is 11.3 Å². The minimum absolute atomic E-state index is 0.162. The summed E-state index contributed by atoms with van der Waals surface area (Å²) in [5, 5.41) is 12.1. The van der Waals surface area contributed by atoms with Crippen LogP contribution in [0.3, 0.4) is 0 Å². The summed E-state index contributed by atoms with van der Waals surface area (Å²) in [7, 11) is 1.90. The number of benzene rings is 1. The zero-order valence-corrected chi connectivity index (χ0v) is 12.2. The third-order valence-electron chi connectivity index (χ3n) is 3.41. The average Bonchev–Trinajstić information content (AvgIpc) is 2.94. The van der Waals surface area contributed by atoms with Crippen molar-refractivity contribution in [2.75, 3.05) is 13.6 Å². The molecule has 0 aliphatic heterocycles. The van der Waals surface area contributed by atoms with Gasteiger partial charge in [-0.25, -0.2) is 8.78 Å². The molecular weight excluding hydrogens is 280 g/mol. The third-order valence-corrected chi connectivity index (χ3v) is 4.45. The van der Waals surface area contributed by atoms with Crippen molar-refractivity contribution in [3.05, 3.63) is 57.8 Å². The smallest absolute Gasteiger partial charge is 0.159 e. The highest BCUT2D eigenvalue weighted by atomic mass is 32.1. The van der Waals surface area contributed by atoms with Crippen molar-refractivity contribution in [2.45, 2.75) is 19.1 Å². The van der Waals surface area contributed by atoms with Gasteiger partial charge in [-0.2, -0.15) is 0 Å². The summed E-state index contributed by atoms with van der Waals surface area (Å²) in [6, 6.07) is 7.67. The Bertz CT molecular complexity index is 559. The predicted octanol–water partition coefficient (Wildman–Crippen LogP) is 3.75. The van der Waals surface area contributed by atoms with E-state index >= 15 is 0 Å². The molecule has 108 valence electrons. The fraction of sp³-hybridized carbons (Fsp3) is 0.333. The normalized spacial score (nSPS) is 14.5. The molecule has 0 radical (unpaired) electrons. The van der Waals surface area contributed by atoms with Crippen molar-refractivity contribution in [1.82, 2.24) is 4.90 Å². The molecular formula is C15H17F2NOS. The van der Waals surface area contributed by atoms with Gasteiger partial charge in [0.1, 0.15) is 0 Å². The van der Waals surface area contributed by atoms with Crippen LogP contribution in [0.1, 0.15) is 29.5 Å². The van der Waals surface area contributed by atoms with Gasteiger partial charge >= 0.3 is 0 Å². The van der Waals surface area contributed by atoms with Crippen LogP contribution in [0, 0.1) is 11.6 Å². The predicted molar refractivity (Wildman–Crippen MR) is 76.7 cm³/mol. The van der Waals surface area contributed by atoms with Crippen LogP contribution >= 0.6 is 11.3 Å². The van der Waals surface area contributed by atoms with Gasteiger partial charge in [0.25, 0.3) is 0 Å². The largest absolute Gasteiger partial charge is 0.387 e. The first kappa shape index (κ1) is 15.1. The molecule has 0 amide bonds. The first-order chi connectivity index (χ1) is 9.49. The second-order valence-corrected chi connectivity index (χ2v) is 5.80. The first-order valence-corrected chi connectivity index (χ1v) is 7.23. The van der Waals surface area contributed by atoms with E-state index in [2.05, 4.69) is 0 Å². The summed E-state index contributed by atoms with van der Waals surface area (Å²) < 4.78 is 26.0. The van der Waals surface area contributed by atoms with Gasteiger partial charge in [-0.05, 0) is 43.1 Å². The average molecular weight is 297 g/mol. The standard InChI is InChI=1S/C15H17F2NOS/c1-10(15-4-3-7-20-15)18(2)9-14(19)11-5-6-12(16)13(17)8-11/h3-8,10,14,19H,9H2,1-2H3. The second-order valence-electron chi connectivity index (χ2n) is 4.82. The van der Waals surface area contributed by atoms with E-state index in [4.69, 9.17) is 0 Å². The molecule has 20 heavy (non-hydrogen) atoms. The Balaban J connectivity index is 2.03. The Labute approximate surface area is 121 Å². The SMILES string of the molecule is CC(c1cccs1)N(C)CC(O)c1ccc(F)c(F)c1. The van der Waals surface area contributed by atoms with Crippen LogP contribution in [-0.4, -0.2) is 23.6 Å². The minimum Gasteiger partial charge on any atom is -0.387 e. The summed E-state index contributed by atoms with van der Waals surface area (Å²) in [5.74, 6) is -1.84. The molecule has 5 heteroatoms. The van der Waals surface area contributed by atoms with E-state index in [1.807, 2.05) is 36.4 Å². The van der Waals surface area contributed by atoms with Crippen LogP contribution in [0.25, 0.3) is 0 Å². The van der Waals surface area contributed by atoms with Crippen LogP contribution in [0.15, 0.2) is 35.7 Å². The van der Waals surface area contributed by atoms with Crippen molar-refractivity contribution < 1.29 is 13.9 Å². The van der Waals surface area contributed by atoms with E-state index in [9.17, 15) is 13.9 Å². The highest BCUT2D eigenvalue weighted by Gasteiger charge is 2.18. The lowest BCUT2D eigenvalue weighted by atomic mass is 10.1. The van der Waals surface area contributed by atoms with Gasteiger partial charge < -0.3 is 5.11 Å². The molecule has 1 heterocycles. The van der Waals surface area contributed by atoms with Gasteiger partial charge in [0.15, 0.2) is 11.6 Å². The number of hydrogen-bond donors (Lipinski definition) is 1. The fourth-order valence-corrected chi connectivity index (χ4v) is 2.85. The number of thiophene rings is 1. The van der Waals surface area contributed by atoms with Crippen LogP contribution in [0.4, 0.5) is 8.78 Å². The summed E-state index contributed by atoms with van der Waals surface area (Å²) in [5.41, 5.74) is 0.383. The number of hydrogen-bond acceptors (Lipinski definition) is 3.